The molecule has 0 radical (unpaired) electrons. The number of carbonyl (C=O) groups is 3. The number of nitrogens with zero attached hydrogens (tertiary/aromatic N) is 3. The number of anilines is 1. The number of carbonyl (C=O) groups excluding carboxylic acids is 3. The summed E-state index contributed by atoms with van der Waals surface area (Å²) in [5.74, 6) is -1.36. The number of likely N-dealkylation sites (N-methyl/N-ethyl adjacent to an activating group) is 1. The first-order chi connectivity index (χ1) is 8.00. The Labute approximate surface area is 96.8 Å². The molecule has 1 fully saturated rings. The molecule has 0 spiro atoms. The Balaban J connectivity index is 2.23. The van der Waals surface area contributed by atoms with Crippen LogP contribution in [0.1, 0.15) is 5.56 Å². The van der Waals surface area contributed by atoms with E-state index in [0.29, 0.717) is 11.4 Å². The highest BCUT2D eigenvalue weighted by Crippen LogP contribution is 2.14. The lowest BCUT2D eigenvalue weighted by Gasteiger charge is -2.12. The first-order valence-corrected chi connectivity index (χ1v) is 4.84. The van der Waals surface area contributed by atoms with E-state index in [4.69, 9.17) is 5.73 Å². The Hall–Kier alpha value is -2.44. The van der Waals surface area contributed by atoms with Crippen molar-refractivity contribution in [1.29, 1.82) is 0 Å². The van der Waals surface area contributed by atoms with Crippen LogP contribution in [0.4, 0.5) is 10.6 Å². The molecule has 2 heterocycles. The molecule has 0 aromatic carbocycles. The number of urea groups is 1. The van der Waals surface area contributed by atoms with Gasteiger partial charge in [-0.15, -0.1) is 0 Å². The average molecular weight is 234 g/mol. The van der Waals surface area contributed by atoms with Crippen LogP contribution in [-0.2, 0) is 16.1 Å². The van der Waals surface area contributed by atoms with Gasteiger partial charge in [0.15, 0.2) is 0 Å². The number of nitrogen functional groups attached to an aromatic ring is 1. The predicted octanol–water partition coefficient (Wildman–Crippen LogP) is -0.416. The van der Waals surface area contributed by atoms with Crippen LogP contribution >= 0.6 is 0 Å². The summed E-state index contributed by atoms with van der Waals surface area (Å²) in [6.45, 7) is 0.0144. The number of aromatic nitrogens is 1. The first-order valence-electron chi connectivity index (χ1n) is 4.84. The fourth-order valence-corrected chi connectivity index (χ4v) is 1.53. The number of imide groups is 2. The van der Waals surface area contributed by atoms with E-state index in [2.05, 4.69) is 4.98 Å². The highest BCUT2D eigenvalue weighted by molar-refractivity contribution is 6.44. The molecule has 7 heteroatoms. The van der Waals surface area contributed by atoms with Crippen LogP contribution in [0.25, 0.3) is 0 Å². The molecule has 1 aromatic rings. The lowest BCUT2D eigenvalue weighted by molar-refractivity contribution is -0.143. The van der Waals surface area contributed by atoms with Gasteiger partial charge < -0.3 is 5.73 Å². The molecular formula is C10H10N4O3. The van der Waals surface area contributed by atoms with Gasteiger partial charge in [-0.2, -0.15) is 0 Å². The second kappa shape index (κ2) is 3.85. The smallest absolute Gasteiger partial charge is 0.334 e. The van der Waals surface area contributed by atoms with Crippen molar-refractivity contribution < 1.29 is 14.4 Å². The Kier molecular flexibility index (Phi) is 2.51. The summed E-state index contributed by atoms with van der Waals surface area (Å²) >= 11 is 0. The molecule has 1 saturated heterocycles. The predicted molar refractivity (Wildman–Crippen MR) is 57.4 cm³/mol. The van der Waals surface area contributed by atoms with E-state index in [0.717, 1.165) is 9.80 Å². The monoisotopic (exact) mass is 234 g/mol. The molecule has 2 rings (SSSR count). The summed E-state index contributed by atoms with van der Waals surface area (Å²) in [5, 5.41) is 0. The van der Waals surface area contributed by atoms with Gasteiger partial charge in [0.05, 0.1) is 6.54 Å². The van der Waals surface area contributed by atoms with Gasteiger partial charge in [0, 0.05) is 13.2 Å². The zero-order valence-corrected chi connectivity index (χ0v) is 9.08. The third kappa shape index (κ3) is 1.82. The van der Waals surface area contributed by atoms with Crippen LogP contribution in [0, 0.1) is 0 Å². The van der Waals surface area contributed by atoms with Crippen LogP contribution in [0.2, 0.25) is 0 Å². The molecule has 4 amide bonds. The maximum Gasteiger partial charge on any atom is 0.334 e. The standard InChI is InChI=1S/C10H10N4O3/c1-13-8(15)9(16)14(10(13)17)5-6-2-3-12-7(11)4-6/h2-4H,5H2,1H3,(H2,11,12). The van der Waals surface area contributed by atoms with E-state index < -0.39 is 17.8 Å². The van der Waals surface area contributed by atoms with Crippen LogP contribution in [-0.4, -0.2) is 39.7 Å². The third-order valence-corrected chi connectivity index (χ3v) is 2.44. The van der Waals surface area contributed by atoms with E-state index in [1.165, 1.54) is 13.2 Å². The van der Waals surface area contributed by atoms with Gasteiger partial charge in [0.2, 0.25) is 0 Å². The van der Waals surface area contributed by atoms with Gasteiger partial charge in [0.25, 0.3) is 0 Å². The van der Waals surface area contributed by atoms with Crippen LogP contribution in [0.3, 0.4) is 0 Å². The molecule has 0 saturated carbocycles. The normalized spacial score (nSPS) is 15.9. The number of pyridine rings is 1. The fourth-order valence-electron chi connectivity index (χ4n) is 1.53. The van der Waals surface area contributed by atoms with Gasteiger partial charge in [-0.05, 0) is 17.7 Å². The molecule has 88 valence electrons. The van der Waals surface area contributed by atoms with Gasteiger partial charge in [-0.1, -0.05) is 0 Å². The third-order valence-electron chi connectivity index (χ3n) is 2.44. The Morgan fingerprint density at radius 3 is 2.53 bits per heavy atom. The van der Waals surface area contributed by atoms with Crippen molar-refractivity contribution in [2.45, 2.75) is 6.54 Å². The van der Waals surface area contributed by atoms with E-state index in [9.17, 15) is 14.4 Å². The molecule has 0 bridgehead atoms. The van der Waals surface area contributed by atoms with Gasteiger partial charge in [0.1, 0.15) is 5.82 Å². The summed E-state index contributed by atoms with van der Waals surface area (Å²) in [6, 6.07) is 2.54. The van der Waals surface area contributed by atoms with E-state index >= 15 is 0 Å². The van der Waals surface area contributed by atoms with Crippen LogP contribution < -0.4 is 5.73 Å². The van der Waals surface area contributed by atoms with E-state index in [1.54, 1.807) is 12.1 Å². The SMILES string of the molecule is CN1C(=O)C(=O)N(Cc2ccnc(N)c2)C1=O. The van der Waals surface area contributed by atoms with Gasteiger partial charge >= 0.3 is 17.8 Å². The number of nitrogens with two attached hydrogens (primary N) is 1. The zero-order chi connectivity index (χ0) is 12.6. The van der Waals surface area contributed by atoms with Crippen LogP contribution in [0.5, 0.6) is 0 Å². The van der Waals surface area contributed by atoms with Crippen LogP contribution in [0.15, 0.2) is 18.3 Å². The van der Waals surface area contributed by atoms with Gasteiger partial charge in [-0.25, -0.2) is 9.78 Å². The summed E-state index contributed by atoms with van der Waals surface area (Å²) < 4.78 is 0. The van der Waals surface area contributed by atoms with E-state index in [-0.39, 0.29) is 6.54 Å². The topological polar surface area (TPSA) is 96.6 Å². The van der Waals surface area contributed by atoms with Crippen molar-refractivity contribution in [2.24, 2.45) is 0 Å². The summed E-state index contributed by atoms with van der Waals surface area (Å²) in [5.41, 5.74) is 6.12. The molecule has 0 atom stereocenters. The molecule has 0 unspecified atom stereocenters. The van der Waals surface area contributed by atoms with Crippen molar-refractivity contribution >= 4 is 23.7 Å². The summed E-state index contributed by atoms with van der Waals surface area (Å²) in [6.07, 6.45) is 1.47. The molecule has 1 aliphatic heterocycles. The van der Waals surface area contributed by atoms with E-state index in [1.807, 2.05) is 0 Å². The minimum atomic E-state index is -0.826. The minimum absolute atomic E-state index is 0.0144. The number of hydrogen-bond donors (Lipinski definition) is 1. The molecular weight excluding hydrogens is 224 g/mol. The molecule has 1 aliphatic rings. The van der Waals surface area contributed by atoms with Crippen molar-refractivity contribution in [2.75, 3.05) is 12.8 Å². The second-order valence-electron chi connectivity index (χ2n) is 3.63. The Morgan fingerprint density at radius 2 is 2.00 bits per heavy atom. The van der Waals surface area contributed by atoms with Crippen molar-refractivity contribution in [1.82, 2.24) is 14.8 Å². The Morgan fingerprint density at radius 1 is 1.29 bits per heavy atom. The fraction of sp³-hybridized carbons (Fsp3) is 0.200. The van der Waals surface area contributed by atoms with Crippen molar-refractivity contribution in [3.8, 4) is 0 Å². The zero-order valence-electron chi connectivity index (χ0n) is 9.08. The lowest BCUT2D eigenvalue weighted by atomic mass is 10.2. The maximum atomic E-state index is 11.6. The minimum Gasteiger partial charge on any atom is -0.384 e. The summed E-state index contributed by atoms with van der Waals surface area (Å²) in [7, 11) is 1.27. The maximum absolute atomic E-state index is 11.6. The molecule has 2 N–H and O–H groups in total. The van der Waals surface area contributed by atoms with Crippen molar-refractivity contribution in [3.63, 3.8) is 0 Å². The highest BCUT2D eigenvalue weighted by atomic mass is 16.2. The lowest BCUT2D eigenvalue weighted by Crippen LogP contribution is -2.31. The number of hydrogen-bond acceptors (Lipinski definition) is 5. The second-order valence-corrected chi connectivity index (χ2v) is 3.63. The Bertz CT molecular complexity index is 514. The van der Waals surface area contributed by atoms with Gasteiger partial charge in [-0.3, -0.25) is 19.4 Å². The summed E-state index contributed by atoms with van der Waals surface area (Å²) in [4.78, 5) is 39.8. The highest BCUT2D eigenvalue weighted by Gasteiger charge is 2.41. The molecule has 17 heavy (non-hydrogen) atoms. The molecule has 0 aliphatic carbocycles. The molecule has 7 nitrogen and oxygen atoms in total. The number of rotatable bonds is 2. The number of amides is 4. The quantitative estimate of drug-likeness (QED) is 0.554. The molecule has 1 aromatic heterocycles. The largest absolute Gasteiger partial charge is 0.384 e. The van der Waals surface area contributed by atoms with Crippen molar-refractivity contribution in [3.05, 3.63) is 23.9 Å². The average Bonchev–Trinajstić information content (AvgIpc) is 2.47. The first kappa shape index (κ1) is 11.1.